The van der Waals surface area contributed by atoms with Crippen LogP contribution >= 0.6 is 22.9 Å². The first-order valence-corrected chi connectivity index (χ1v) is 7.28. The summed E-state index contributed by atoms with van der Waals surface area (Å²) in [5.41, 5.74) is 2.19. The van der Waals surface area contributed by atoms with Gasteiger partial charge < -0.3 is 5.32 Å². The van der Waals surface area contributed by atoms with Crippen molar-refractivity contribution in [3.05, 3.63) is 39.9 Å². The number of halogens is 1. The predicted octanol–water partition coefficient (Wildman–Crippen LogP) is 4.44. The lowest BCUT2D eigenvalue weighted by atomic mass is 10.2. The lowest BCUT2D eigenvalue weighted by molar-refractivity contribution is 0.603. The molecule has 0 spiro atoms. The molecule has 0 amide bonds. The zero-order valence-corrected chi connectivity index (χ0v) is 12.4. The molecule has 1 atom stereocenters. The van der Waals surface area contributed by atoms with Crippen molar-refractivity contribution in [1.29, 1.82) is 0 Å². The molecule has 2 rings (SSSR count). The zero-order chi connectivity index (χ0) is 13.1. The molecule has 0 radical (unpaired) electrons. The minimum atomic E-state index is 0.348. The summed E-state index contributed by atoms with van der Waals surface area (Å²) in [6.07, 6.45) is 0. The average Bonchev–Trinajstić information content (AvgIpc) is 2.72. The summed E-state index contributed by atoms with van der Waals surface area (Å²) in [6, 6.07) is 8.20. The molecular formula is C14H17ClN2S. The van der Waals surface area contributed by atoms with Crippen LogP contribution in [0.5, 0.6) is 0 Å². The zero-order valence-electron chi connectivity index (χ0n) is 10.8. The molecule has 0 aliphatic heterocycles. The van der Waals surface area contributed by atoms with Gasteiger partial charge in [-0.2, -0.15) is 0 Å². The van der Waals surface area contributed by atoms with Crippen molar-refractivity contribution in [2.24, 2.45) is 0 Å². The van der Waals surface area contributed by atoms with Gasteiger partial charge >= 0.3 is 0 Å². The van der Waals surface area contributed by atoms with E-state index in [0.717, 1.165) is 27.8 Å². The summed E-state index contributed by atoms with van der Waals surface area (Å²) in [4.78, 5) is 5.94. The highest BCUT2D eigenvalue weighted by Gasteiger charge is 2.14. The van der Waals surface area contributed by atoms with E-state index in [1.165, 1.54) is 4.88 Å². The van der Waals surface area contributed by atoms with Crippen molar-refractivity contribution < 1.29 is 0 Å². The third kappa shape index (κ3) is 2.91. The van der Waals surface area contributed by atoms with Gasteiger partial charge in [0.25, 0.3) is 0 Å². The fourth-order valence-electron chi connectivity index (χ4n) is 1.95. The van der Waals surface area contributed by atoms with E-state index < -0.39 is 0 Å². The number of hydrogen-bond donors (Lipinski definition) is 1. The van der Waals surface area contributed by atoms with Gasteiger partial charge in [0.2, 0.25) is 0 Å². The lowest BCUT2D eigenvalue weighted by Crippen LogP contribution is -2.17. The first-order valence-electron chi connectivity index (χ1n) is 6.08. The first kappa shape index (κ1) is 13.5. The molecule has 0 aliphatic carbocycles. The van der Waals surface area contributed by atoms with E-state index in [1.807, 2.05) is 24.3 Å². The van der Waals surface area contributed by atoms with Crippen molar-refractivity contribution in [1.82, 2.24) is 10.3 Å². The number of aromatic nitrogens is 1. The van der Waals surface area contributed by atoms with E-state index in [2.05, 4.69) is 31.1 Å². The van der Waals surface area contributed by atoms with Gasteiger partial charge in [-0.3, -0.25) is 0 Å². The fourth-order valence-corrected chi connectivity index (χ4v) is 3.23. The van der Waals surface area contributed by atoms with Crippen LogP contribution in [0, 0.1) is 6.92 Å². The van der Waals surface area contributed by atoms with Gasteiger partial charge in [0.15, 0.2) is 0 Å². The minimum Gasteiger partial charge on any atom is -0.310 e. The lowest BCUT2D eigenvalue weighted by Gasteiger charge is -2.09. The van der Waals surface area contributed by atoms with Crippen LogP contribution in [0.15, 0.2) is 24.3 Å². The number of rotatable bonds is 4. The molecule has 1 heterocycles. The molecule has 1 aromatic carbocycles. The van der Waals surface area contributed by atoms with E-state index in [-0.39, 0.29) is 0 Å². The molecular weight excluding hydrogens is 264 g/mol. The van der Waals surface area contributed by atoms with Crippen molar-refractivity contribution in [2.45, 2.75) is 26.8 Å². The quantitative estimate of drug-likeness (QED) is 0.895. The highest BCUT2D eigenvalue weighted by molar-refractivity contribution is 7.15. The van der Waals surface area contributed by atoms with Gasteiger partial charge in [-0.25, -0.2) is 4.98 Å². The van der Waals surface area contributed by atoms with Crippen molar-refractivity contribution in [2.75, 3.05) is 6.54 Å². The van der Waals surface area contributed by atoms with E-state index >= 15 is 0 Å². The molecule has 0 fully saturated rings. The maximum absolute atomic E-state index is 6.02. The van der Waals surface area contributed by atoms with Crippen LogP contribution in [0.4, 0.5) is 0 Å². The second-order valence-electron chi connectivity index (χ2n) is 4.26. The second-order valence-corrected chi connectivity index (χ2v) is 5.73. The number of aryl methyl sites for hydroxylation is 1. The summed E-state index contributed by atoms with van der Waals surface area (Å²) >= 11 is 7.76. The number of thiazole rings is 1. The summed E-state index contributed by atoms with van der Waals surface area (Å²) in [5, 5.41) is 5.21. The maximum atomic E-state index is 6.02. The topological polar surface area (TPSA) is 24.9 Å². The Balaban J connectivity index is 2.34. The summed E-state index contributed by atoms with van der Waals surface area (Å²) < 4.78 is 0. The summed E-state index contributed by atoms with van der Waals surface area (Å²) in [5.74, 6) is 0. The Labute approximate surface area is 117 Å². The number of hydrogen-bond acceptors (Lipinski definition) is 3. The van der Waals surface area contributed by atoms with Crippen LogP contribution in [0.1, 0.15) is 30.5 Å². The van der Waals surface area contributed by atoms with Gasteiger partial charge in [-0.05, 0) is 32.5 Å². The van der Waals surface area contributed by atoms with Crippen LogP contribution in [0.2, 0.25) is 5.02 Å². The minimum absolute atomic E-state index is 0.348. The summed E-state index contributed by atoms with van der Waals surface area (Å²) in [7, 11) is 0. The maximum Gasteiger partial charge on any atom is 0.123 e. The molecule has 0 bridgehead atoms. The van der Waals surface area contributed by atoms with E-state index in [9.17, 15) is 0 Å². The molecule has 2 nitrogen and oxygen atoms in total. The molecule has 1 aromatic heterocycles. The molecule has 0 saturated carbocycles. The van der Waals surface area contributed by atoms with Crippen LogP contribution in [0.25, 0.3) is 10.6 Å². The molecule has 18 heavy (non-hydrogen) atoms. The van der Waals surface area contributed by atoms with Crippen LogP contribution < -0.4 is 5.32 Å². The van der Waals surface area contributed by atoms with E-state index in [1.54, 1.807) is 11.3 Å². The Kier molecular flexibility index (Phi) is 4.38. The van der Waals surface area contributed by atoms with Crippen molar-refractivity contribution in [3.63, 3.8) is 0 Å². The molecule has 0 aliphatic rings. The van der Waals surface area contributed by atoms with Crippen molar-refractivity contribution in [3.8, 4) is 10.6 Å². The fraction of sp³-hybridized carbons (Fsp3) is 0.357. The molecule has 1 N–H and O–H groups in total. The van der Waals surface area contributed by atoms with Crippen molar-refractivity contribution >= 4 is 22.9 Å². The Morgan fingerprint density at radius 3 is 2.89 bits per heavy atom. The SMILES string of the molecule is CCNC(C)c1sc(-c2cccc(Cl)c2)nc1C. The van der Waals surface area contributed by atoms with E-state index in [0.29, 0.717) is 6.04 Å². The monoisotopic (exact) mass is 280 g/mol. The molecule has 96 valence electrons. The Morgan fingerprint density at radius 2 is 2.22 bits per heavy atom. The largest absolute Gasteiger partial charge is 0.310 e. The standard InChI is InChI=1S/C14H17ClN2S/c1-4-16-9(2)13-10(3)17-14(18-13)11-6-5-7-12(15)8-11/h5-9,16H,4H2,1-3H3. The molecule has 0 saturated heterocycles. The van der Waals surface area contributed by atoms with Gasteiger partial charge in [0.05, 0.1) is 5.69 Å². The Hall–Kier alpha value is -0.900. The Bertz CT molecular complexity index is 536. The normalized spacial score (nSPS) is 12.7. The third-order valence-electron chi connectivity index (χ3n) is 2.81. The third-order valence-corrected chi connectivity index (χ3v) is 4.43. The molecule has 2 aromatic rings. The predicted molar refractivity (Wildman–Crippen MR) is 79.4 cm³/mol. The highest BCUT2D eigenvalue weighted by Crippen LogP contribution is 2.32. The summed E-state index contributed by atoms with van der Waals surface area (Å²) in [6.45, 7) is 7.31. The van der Waals surface area contributed by atoms with Crippen LogP contribution in [-0.2, 0) is 0 Å². The van der Waals surface area contributed by atoms with Gasteiger partial charge in [0.1, 0.15) is 5.01 Å². The number of nitrogens with one attached hydrogen (secondary N) is 1. The number of benzene rings is 1. The smallest absolute Gasteiger partial charge is 0.123 e. The van der Waals surface area contributed by atoms with Crippen LogP contribution in [-0.4, -0.2) is 11.5 Å². The second kappa shape index (κ2) is 5.83. The average molecular weight is 281 g/mol. The van der Waals surface area contributed by atoms with Gasteiger partial charge in [-0.1, -0.05) is 30.7 Å². The molecule has 1 unspecified atom stereocenters. The van der Waals surface area contributed by atoms with E-state index in [4.69, 9.17) is 11.6 Å². The first-order chi connectivity index (χ1) is 8.61. The van der Waals surface area contributed by atoms with Gasteiger partial charge in [-0.15, -0.1) is 11.3 Å². The molecule has 4 heteroatoms. The highest BCUT2D eigenvalue weighted by atomic mass is 35.5. The number of nitrogens with zero attached hydrogens (tertiary/aromatic N) is 1. The van der Waals surface area contributed by atoms with Crippen LogP contribution in [0.3, 0.4) is 0 Å². The van der Waals surface area contributed by atoms with Gasteiger partial charge in [0, 0.05) is 21.5 Å². The Morgan fingerprint density at radius 1 is 1.44 bits per heavy atom.